The molecule has 1 aliphatic carbocycles. The number of esters is 5. The van der Waals surface area contributed by atoms with Crippen LogP contribution in [0.4, 0.5) is 4.79 Å². The number of benzene rings is 1. The van der Waals surface area contributed by atoms with Crippen molar-refractivity contribution >= 4 is 35.9 Å². The topological polar surface area (TPSA) is 188 Å². The Morgan fingerprint density at radius 3 is 2.09 bits per heavy atom. The lowest BCUT2D eigenvalue weighted by molar-refractivity contribution is -0.320. The monoisotopic (exact) mass is 621 g/mol. The first kappa shape index (κ1) is 32.7. The fraction of sp³-hybridized carbons (Fsp3) is 0.586. The number of hydrogen-bond donors (Lipinski definition) is 1. The normalized spacial score (nSPS) is 30.7. The second kappa shape index (κ2) is 14.5. The summed E-state index contributed by atoms with van der Waals surface area (Å²) < 4.78 is 44.5. The first-order valence-electron chi connectivity index (χ1n) is 14.0. The molecular weight excluding hydrogens is 586 g/mol. The number of amides is 1. The summed E-state index contributed by atoms with van der Waals surface area (Å²) in [6, 6.07) is 8.03. The maximum Gasteiger partial charge on any atom is 0.407 e. The maximum atomic E-state index is 12.8. The molecule has 1 aromatic rings. The van der Waals surface area contributed by atoms with Crippen molar-refractivity contribution in [2.75, 3.05) is 6.61 Å². The van der Waals surface area contributed by atoms with Crippen LogP contribution in [0.5, 0.6) is 0 Å². The number of alkyl carbamates (subject to hydrolysis) is 1. The van der Waals surface area contributed by atoms with Crippen molar-refractivity contribution in [3.05, 3.63) is 35.9 Å². The molecule has 3 aliphatic rings. The number of nitrogens with one attached hydrogen (secondary N) is 1. The Bertz CT molecular complexity index is 1240. The average Bonchev–Trinajstić information content (AvgIpc) is 3.26. The Balaban J connectivity index is 1.60. The highest BCUT2D eigenvalue weighted by Gasteiger charge is 2.56. The molecule has 1 saturated carbocycles. The van der Waals surface area contributed by atoms with Crippen LogP contribution in [0.15, 0.2) is 30.3 Å². The molecule has 2 heterocycles. The summed E-state index contributed by atoms with van der Waals surface area (Å²) in [5, 5.41) is 2.70. The molecule has 0 spiro atoms. The van der Waals surface area contributed by atoms with Crippen LogP contribution in [-0.4, -0.2) is 91.5 Å². The lowest BCUT2D eigenvalue weighted by Crippen LogP contribution is -2.64. The third-order valence-electron chi connectivity index (χ3n) is 7.19. The first-order chi connectivity index (χ1) is 20.9. The highest BCUT2D eigenvalue weighted by molar-refractivity contribution is 5.78. The molecule has 2 bridgehead atoms. The van der Waals surface area contributed by atoms with E-state index in [2.05, 4.69) is 5.32 Å². The molecule has 0 radical (unpaired) electrons. The van der Waals surface area contributed by atoms with E-state index in [-0.39, 0.29) is 13.0 Å². The predicted octanol–water partition coefficient (Wildman–Crippen LogP) is 1.09. The summed E-state index contributed by atoms with van der Waals surface area (Å²) >= 11 is 0. The SMILES string of the molecule is CC(=O)OC[C@H]1O[C@@H](O[C@H]2C[C@@H]3C[C@@H](C(=O)O3)[C@H]2NC(=O)OCc2ccccc2)[C@H](OC(C)=O)[C@@H](OC(C)=O)[C@@H]1OC(C)=O. The van der Waals surface area contributed by atoms with Crippen LogP contribution in [-0.2, 0) is 68.5 Å². The third-order valence-corrected chi connectivity index (χ3v) is 7.19. The standard InChI is InChI=1S/C29H35NO14/c1-14(31)37-13-22-24(39-15(2)32)25(40-16(3)33)26(41-17(4)34)28(44-22)43-21-11-19-10-20(27(35)42-19)23(21)30-29(36)38-12-18-8-6-5-7-9-18/h5-9,19-26,28H,10-13H2,1-4H3,(H,30,36)/t19-,20+,21-,22+,23+,24+,25-,26+,28+/m0/s1. The zero-order valence-corrected chi connectivity index (χ0v) is 24.6. The van der Waals surface area contributed by atoms with Gasteiger partial charge in [-0.3, -0.25) is 24.0 Å². The Morgan fingerprint density at radius 2 is 1.45 bits per heavy atom. The number of ether oxygens (including phenoxy) is 8. The quantitative estimate of drug-likeness (QED) is 0.289. The summed E-state index contributed by atoms with van der Waals surface area (Å²) in [4.78, 5) is 73.4. The van der Waals surface area contributed by atoms with Crippen molar-refractivity contribution in [1.29, 1.82) is 0 Å². The van der Waals surface area contributed by atoms with Crippen LogP contribution in [0.3, 0.4) is 0 Å². The first-order valence-corrected chi connectivity index (χ1v) is 14.0. The van der Waals surface area contributed by atoms with Gasteiger partial charge in [0.05, 0.1) is 18.1 Å². The van der Waals surface area contributed by atoms with Gasteiger partial charge in [-0.1, -0.05) is 30.3 Å². The molecule has 1 amide bonds. The van der Waals surface area contributed by atoms with E-state index >= 15 is 0 Å². The molecule has 3 fully saturated rings. The van der Waals surface area contributed by atoms with E-state index in [1.807, 2.05) is 6.07 Å². The molecule has 1 aromatic carbocycles. The fourth-order valence-corrected chi connectivity index (χ4v) is 5.49. The average molecular weight is 622 g/mol. The van der Waals surface area contributed by atoms with Gasteiger partial charge in [0.15, 0.2) is 24.6 Å². The smallest absolute Gasteiger partial charge is 0.407 e. The van der Waals surface area contributed by atoms with Gasteiger partial charge in [0.2, 0.25) is 0 Å². The summed E-state index contributed by atoms with van der Waals surface area (Å²) in [5.41, 5.74) is 0.747. The molecule has 9 atom stereocenters. The number of rotatable bonds is 10. The van der Waals surface area contributed by atoms with Gasteiger partial charge in [-0.05, 0) is 12.0 Å². The zero-order chi connectivity index (χ0) is 32.0. The van der Waals surface area contributed by atoms with Gasteiger partial charge in [0.25, 0.3) is 0 Å². The minimum Gasteiger partial charge on any atom is -0.463 e. The third kappa shape index (κ3) is 8.44. The van der Waals surface area contributed by atoms with E-state index in [0.29, 0.717) is 6.42 Å². The Labute approximate surface area is 252 Å². The number of fused-ring (bicyclic) bond motifs is 2. The van der Waals surface area contributed by atoms with Crippen LogP contribution >= 0.6 is 0 Å². The molecule has 1 N–H and O–H groups in total. The van der Waals surface area contributed by atoms with E-state index in [9.17, 15) is 28.8 Å². The lowest BCUT2D eigenvalue weighted by Gasteiger charge is -2.46. The number of hydrogen-bond acceptors (Lipinski definition) is 14. The van der Waals surface area contributed by atoms with E-state index in [4.69, 9.17) is 37.9 Å². The highest BCUT2D eigenvalue weighted by atomic mass is 16.7. The lowest BCUT2D eigenvalue weighted by atomic mass is 9.83. The highest BCUT2D eigenvalue weighted by Crippen LogP contribution is 2.39. The van der Waals surface area contributed by atoms with Crippen molar-refractivity contribution in [2.45, 2.75) is 96.1 Å². The van der Waals surface area contributed by atoms with E-state index in [0.717, 1.165) is 33.3 Å². The van der Waals surface area contributed by atoms with Gasteiger partial charge < -0.3 is 43.2 Å². The van der Waals surface area contributed by atoms with E-state index in [1.165, 1.54) is 0 Å². The summed E-state index contributed by atoms with van der Waals surface area (Å²) in [7, 11) is 0. The van der Waals surface area contributed by atoms with Gasteiger partial charge in [-0.15, -0.1) is 0 Å². The molecule has 2 saturated heterocycles. The second-order valence-electron chi connectivity index (χ2n) is 10.6. The largest absolute Gasteiger partial charge is 0.463 e. The van der Waals surface area contributed by atoms with Crippen molar-refractivity contribution in [3.63, 3.8) is 0 Å². The van der Waals surface area contributed by atoms with Crippen LogP contribution in [0.25, 0.3) is 0 Å². The fourth-order valence-electron chi connectivity index (χ4n) is 5.49. The van der Waals surface area contributed by atoms with Crippen molar-refractivity contribution in [1.82, 2.24) is 5.32 Å². The van der Waals surface area contributed by atoms with Crippen molar-refractivity contribution in [3.8, 4) is 0 Å². The molecule has 15 heteroatoms. The minimum atomic E-state index is -1.50. The Hall–Kier alpha value is -4.24. The number of carbonyl (C=O) groups excluding carboxylic acids is 6. The molecule has 240 valence electrons. The number of carbonyl (C=O) groups is 6. The van der Waals surface area contributed by atoms with Crippen LogP contribution in [0, 0.1) is 5.92 Å². The molecule has 44 heavy (non-hydrogen) atoms. The second-order valence-corrected chi connectivity index (χ2v) is 10.6. The van der Waals surface area contributed by atoms with Gasteiger partial charge >= 0.3 is 35.9 Å². The molecule has 4 rings (SSSR count). The molecule has 0 unspecified atom stereocenters. The molecule has 15 nitrogen and oxygen atoms in total. The minimum absolute atomic E-state index is 0.0254. The van der Waals surface area contributed by atoms with E-state index in [1.54, 1.807) is 24.3 Å². The van der Waals surface area contributed by atoms with Crippen LogP contribution in [0.2, 0.25) is 0 Å². The molecular formula is C29H35NO14. The van der Waals surface area contributed by atoms with Gasteiger partial charge in [0, 0.05) is 34.1 Å². The maximum absolute atomic E-state index is 12.8. The van der Waals surface area contributed by atoms with Crippen LogP contribution < -0.4 is 5.32 Å². The van der Waals surface area contributed by atoms with Gasteiger partial charge in [0.1, 0.15) is 25.4 Å². The molecule has 0 aromatic heterocycles. The van der Waals surface area contributed by atoms with E-state index < -0.39 is 97.4 Å². The summed E-state index contributed by atoms with van der Waals surface area (Å²) in [6.07, 6.45) is -8.86. The Morgan fingerprint density at radius 1 is 0.818 bits per heavy atom. The predicted molar refractivity (Wildman–Crippen MR) is 143 cm³/mol. The summed E-state index contributed by atoms with van der Waals surface area (Å²) in [6.45, 7) is 4.01. The van der Waals surface area contributed by atoms with Crippen molar-refractivity contribution in [2.24, 2.45) is 5.92 Å². The molecule has 2 aliphatic heterocycles. The van der Waals surface area contributed by atoms with Crippen LogP contribution in [0.1, 0.15) is 46.1 Å². The Kier molecular flexibility index (Phi) is 10.8. The van der Waals surface area contributed by atoms with Gasteiger partial charge in [-0.25, -0.2) is 4.79 Å². The summed E-state index contributed by atoms with van der Waals surface area (Å²) in [5.74, 6) is -4.36. The van der Waals surface area contributed by atoms with Gasteiger partial charge in [-0.2, -0.15) is 0 Å². The van der Waals surface area contributed by atoms with Crippen molar-refractivity contribution < 1.29 is 66.7 Å². The zero-order valence-electron chi connectivity index (χ0n) is 24.6.